The predicted octanol–water partition coefficient (Wildman–Crippen LogP) is 4.79. The number of aromatic nitrogens is 3. The number of benzene rings is 3. The molecule has 9 heteroatoms. The Bertz CT molecular complexity index is 1400. The molecule has 1 heterocycles. The number of nitrogens with one attached hydrogen (secondary N) is 1. The first-order valence-corrected chi connectivity index (χ1v) is 11.6. The summed E-state index contributed by atoms with van der Waals surface area (Å²) in [7, 11) is 0. The minimum Gasteiger partial charge on any atom is -0.349 e. The van der Waals surface area contributed by atoms with Gasteiger partial charge in [-0.25, -0.2) is 13.5 Å². The van der Waals surface area contributed by atoms with Crippen LogP contribution in [0.3, 0.4) is 0 Å². The van der Waals surface area contributed by atoms with E-state index in [9.17, 15) is 9.59 Å². The van der Waals surface area contributed by atoms with Gasteiger partial charge in [0, 0.05) is 11.1 Å². The first-order chi connectivity index (χ1) is 17.2. The maximum atomic E-state index is 15.1. The van der Waals surface area contributed by atoms with Crippen molar-refractivity contribution in [2.45, 2.75) is 45.3 Å². The van der Waals surface area contributed by atoms with E-state index in [4.69, 9.17) is 0 Å². The molecular formula is C27H27F2N5O2. The maximum Gasteiger partial charge on any atom is 0.249 e. The molecule has 2 amide bonds. The Labute approximate surface area is 207 Å². The van der Waals surface area contributed by atoms with E-state index in [-0.39, 0.29) is 17.8 Å². The monoisotopic (exact) mass is 491 g/mol. The molecule has 36 heavy (non-hydrogen) atoms. The number of hydrogen-bond acceptors (Lipinski definition) is 4. The Morgan fingerprint density at radius 3 is 2.31 bits per heavy atom. The minimum absolute atomic E-state index is 0.0537. The highest BCUT2D eigenvalue weighted by molar-refractivity contribution is 6.01. The van der Waals surface area contributed by atoms with Gasteiger partial charge >= 0.3 is 0 Å². The van der Waals surface area contributed by atoms with Crippen molar-refractivity contribution < 1.29 is 18.4 Å². The van der Waals surface area contributed by atoms with Crippen LogP contribution < -0.4 is 10.2 Å². The number of halogens is 2. The van der Waals surface area contributed by atoms with Crippen LogP contribution in [0.25, 0.3) is 11.0 Å². The third-order valence-electron chi connectivity index (χ3n) is 6.14. The van der Waals surface area contributed by atoms with Crippen molar-refractivity contribution in [2.75, 3.05) is 4.90 Å². The van der Waals surface area contributed by atoms with Gasteiger partial charge in [0.05, 0.1) is 11.2 Å². The lowest BCUT2D eigenvalue weighted by Crippen LogP contribution is -2.51. The van der Waals surface area contributed by atoms with E-state index in [2.05, 4.69) is 15.6 Å². The van der Waals surface area contributed by atoms with Crippen LogP contribution in [-0.2, 0) is 16.1 Å². The highest BCUT2D eigenvalue weighted by Gasteiger charge is 2.37. The third kappa shape index (κ3) is 5.10. The number of carbonyl (C=O) groups is 2. The molecular weight excluding hydrogens is 464 g/mol. The molecule has 1 N–H and O–H groups in total. The Hall–Kier alpha value is -4.14. The number of rotatable bonds is 8. The number of carbonyl (C=O) groups excluding carboxylic acids is 2. The fourth-order valence-electron chi connectivity index (χ4n) is 3.89. The number of fused-ring (bicyclic) bond motifs is 1. The number of nitrogens with zero attached hydrogens (tertiary/aromatic N) is 4. The smallest absolute Gasteiger partial charge is 0.249 e. The molecule has 0 aliphatic heterocycles. The quantitative estimate of drug-likeness (QED) is 0.384. The largest absolute Gasteiger partial charge is 0.349 e. The third-order valence-corrected chi connectivity index (χ3v) is 6.14. The molecule has 1 aromatic heterocycles. The molecule has 0 spiro atoms. The average Bonchev–Trinajstić information content (AvgIpc) is 3.26. The zero-order valence-corrected chi connectivity index (χ0v) is 20.3. The van der Waals surface area contributed by atoms with Gasteiger partial charge in [-0.3, -0.25) is 14.5 Å². The van der Waals surface area contributed by atoms with Crippen LogP contribution in [0.4, 0.5) is 14.5 Å². The Kier molecular flexibility index (Phi) is 7.10. The SMILES string of the molecule is CCC(C)(C)NC(=O)C(c1ccccc1F)N(C(=O)Cn1nnc2ccccc21)c1ccccc1F. The van der Waals surface area contributed by atoms with Gasteiger partial charge in [0.2, 0.25) is 11.8 Å². The van der Waals surface area contributed by atoms with Crippen LogP contribution in [0.1, 0.15) is 38.8 Å². The summed E-state index contributed by atoms with van der Waals surface area (Å²) in [5, 5.41) is 11.0. The highest BCUT2D eigenvalue weighted by atomic mass is 19.1. The highest BCUT2D eigenvalue weighted by Crippen LogP contribution is 2.32. The standard InChI is InChI=1S/C27H27F2N5O2/c1-4-27(2,3)30-26(36)25(18-11-5-6-12-19(18)28)34(22-15-9-7-13-20(22)29)24(35)17-33-23-16-10-8-14-21(23)31-32-33/h5-16,25H,4,17H2,1-3H3,(H,30,36). The second-order valence-corrected chi connectivity index (χ2v) is 9.10. The number of hydrogen-bond donors (Lipinski definition) is 1. The first-order valence-electron chi connectivity index (χ1n) is 11.6. The summed E-state index contributed by atoms with van der Waals surface area (Å²) in [5.41, 5.74) is 0.327. The van der Waals surface area contributed by atoms with Crippen LogP contribution in [0.15, 0.2) is 72.8 Å². The van der Waals surface area contributed by atoms with Crippen LogP contribution in [0, 0.1) is 11.6 Å². The van der Waals surface area contributed by atoms with Gasteiger partial charge in [-0.2, -0.15) is 0 Å². The van der Waals surface area contributed by atoms with Gasteiger partial charge in [-0.1, -0.05) is 54.6 Å². The lowest BCUT2D eigenvalue weighted by Gasteiger charge is -2.34. The summed E-state index contributed by atoms with van der Waals surface area (Å²) in [5.74, 6) is -2.70. The van der Waals surface area contributed by atoms with Gasteiger partial charge < -0.3 is 5.32 Å². The Morgan fingerprint density at radius 2 is 1.61 bits per heavy atom. The summed E-state index contributed by atoms with van der Waals surface area (Å²) in [6.45, 7) is 5.19. The lowest BCUT2D eigenvalue weighted by atomic mass is 9.98. The Balaban J connectivity index is 1.85. The fraction of sp³-hybridized carbons (Fsp3) is 0.259. The molecule has 0 aliphatic rings. The van der Waals surface area contributed by atoms with E-state index >= 15 is 8.78 Å². The van der Waals surface area contributed by atoms with Gasteiger partial charge in [0.25, 0.3) is 0 Å². The summed E-state index contributed by atoms with van der Waals surface area (Å²) < 4.78 is 31.6. The maximum absolute atomic E-state index is 15.1. The molecule has 0 saturated carbocycles. The van der Waals surface area contributed by atoms with Gasteiger partial charge in [0.15, 0.2) is 0 Å². The fourth-order valence-corrected chi connectivity index (χ4v) is 3.89. The molecule has 0 saturated heterocycles. The van der Waals surface area contributed by atoms with E-state index in [0.29, 0.717) is 17.5 Å². The first kappa shape index (κ1) is 25.0. The Morgan fingerprint density at radius 1 is 0.972 bits per heavy atom. The van der Waals surface area contributed by atoms with Crippen molar-refractivity contribution in [3.8, 4) is 0 Å². The van der Waals surface area contributed by atoms with Crippen molar-refractivity contribution in [1.82, 2.24) is 20.3 Å². The molecule has 0 fully saturated rings. The summed E-state index contributed by atoms with van der Waals surface area (Å²) in [4.78, 5) is 28.5. The molecule has 186 valence electrons. The van der Waals surface area contributed by atoms with Crippen molar-refractivity contribution in [3.63, 3.8) is 0 Å². The molecule has 4 rings (SSSR count). The number of para-hydroxylation sites is 2. The van der Waals surface area contributed by atoms with Gasteiger partial charge in [-0.15, -0.1) is 5.10 Å². The summed E-state index contributed by atoms with van der Waals surface area (Å²) >= 11 is 0. The van der Waals surface area contributed by atoms with Crippen molar-refractivity contribution >= 4 is 28.5 Å². The molecule has 4 aromatic rings. The molecule has 1 atom stereocenters. The zero-order valence-electron chi connectivity index (χ0n) is 20.3. The molecule has 7 nitrogen and oxygen atoms in total. The van der Waals surface area contributed by atoms with Crippen LogP contribution in [0.2, 0.25) is 0 Å². The molecule has 1 unspecified atom stereocenters. The van der Waals surface area contributed by atoms with E-state index in [1.165, 1.54) is 41.1 Å². The van der Waals surface area contributed by atoms with E-state index in [1.807, 2.05) is 20.8 Å². The second kappa shape index (κ2) is 10.2. The predicted molar refractivity (Wildman–Crippen MR) is 133 cm³/mol. The molecule has 0 aliphatic carbocycles. The van der Waals surface area contributed by atoms with Crippen molar-refractivity contribution in [3.05, 3.63) is 90.0 Å². The number of amides is 2. The van der Waals surface area contributed by atoms with Crippen molar-refractivity contribution in [2.24, 2.45) is 0 Å². The van der Waals surface area contributed by atoms with E-state index in [0.717, 1.165) is 4.90 Å². The summed E-state index contributed by atoms with van der Waals surface area (Å²) in [6.07, 6.45) is 0.585. The minimum atomic E-state index is -1.48. The van der Waals surface area contributed by atoms with E-state index in [1.54, 1.807) is 36.4 Å². The number of anilines is 1. The van der Waals surface area contributed by atoms with Gasteiger partial charge in [-0.05, 0) is 50.6 Å². The normalized spacial score (nSPS) is 12.4. The van der Waals surface area contributed by atoms with Crippen LogP contribution in [0.5, 0.6) is 0 Å². The molecule has 3 aromatic carbocycles. The van der Waals surface area contributed by atoms with Crippen molar-refractivity contribution in [1.29, 1.82) is 0 Å². The summed E-state index contributed by atoms with van der Waals surface area (Å²) in [6, 6.07) is 16.9. The zero-order chi connectivity index (χ0) is 25.9. The lowest BCUT2D eigenvalue weighted by molar-refractivity contribution is -0.128. The van der Waals surface area contributed by atoms with Gasteiger partial charge in [0.1, 0.15) is 29.7 Å². The van der Waals surface area contributed by atoms with E-state index < -0.39 is 35.0 Å². The average molecular weight is 492 g/mol. The molecule has 0 radical (unpaired) electrons. The molecule has 0 bridgehead atoms. The van der Waals surface area contributed by atoms with Crippen LogP contribution >= 0.6 is 0 Å². The van der Waals surface area contributed by atoms with Crippen LogP contribution in [-0.4, -0.2) is 32.3 Å². The second-order valence-electron chi connectivity index (χ2n) is 9.10. The topological polar surface area (TPSA) is 80.1 Å².